The first-order valence-corrected chi connectivity index (χ1v) is 11.1. The molecule has 170 valence electrons. The van der Waals surface area contributed by atoms with Crippen LogP contribution in [0.5, 0.6) is 5.88 Å². The number of aryl methyl sites for hydroxylation is 2. The third kappa shape index (κ3) is 4.30. The smallest absolute Gasteiger partial charge is 0.264 e. The van der Waals surface area contributed by atoms with Crippen molar-refractivity contribution in [2.75, 3.05) is 32.6 Å². The lowest BCUT2D eigenvalue weighted by Crippen LogP contribution is -2.41. The fourth-order valence-corrected chi connectivity index (χ4v) is 4.99. The molecule has 0 saturated carbocycles. The Balaban J connectivity index is 1.47. The minimum atomic E-state index is -0.179. The number of thiophene rings is 1. The fraction of sp³-hybridized carbons (Fsp3) is 0.476. The van der Waals surface area contributed by atoms with Crippen molar-refractivity contribution in [3.63, 3.8) is 0 Å². The average Bonchev–Trinajstić information content (AvgIpc) is 3.35. The van der Waals surface area contributed by atoms with Crippen LogP contribution in [0.1, 0.15) is 39.7 Å². The number of nitrogens with one attached hydrogen (secondary N) is 1. The molecule has 11 heteroatoms. The van der Waals surface area contributed by atoms with Gasteiger partial charge in [0.1, 0.15) is 17.2 Å². The van der Waals surface area contributed by atoms with Crippen molar-refractivity contribution in [2.45, 2.75) is 33.3 Å². The first-order chi connectivity index (χ1) is 15.4. The number of fused-ring (bicyclic) bond motifs is 1. The molecule has 1 saturated heterocycles. The van der Waals surface area contributed by atoms with E-state index in [9.17, 15) is 9.59 Å². The highest BCUT2D eigenvalue weighted by Gasteiger charge is 2.30. The lowest BCUT2D eigenvalue weighted by atomic mass is 9.95. The summed E-state index contributed by atoms with van der Waals surface area (Å²) in [6.45, 7) is 4.91. The molecule has 1 aliphatic heterocycles. The molecule has 4 heterocycles. The highest BCUT2D eigenvalue weighted by molar-refractivity contribution is 7.20. The van der Waals surface area contributed by atoms with Crippen LogP contribution in [-0.4, -0.2) is 59.1 Å². The summed E-state index contributed by atoms with van der Waals surface area (Å²) in [6.07, 6.45) is 1.17. The number of hydrogen-bond donors (Lipinski definition) is 1. The Morgan fingerprint density at radius 3 is 2.62 bits per heavy atom. The molecule has 1 N–H and O–H groups in total. The molecular formula is C21H25N5O5S. The van der Waals surface area contributed by atoms with Gasteiger partial charge in [-0.15, -0.1) is 11.3 Å². The summed E-state index contributed by atoms with van der Waals surface area (Å²) in [5.41, 5.74) is 0.803. The Kier molecular flexibility index (Phi) is 6.38. The molecule has 0 spiro atoms. The van der Waals surface area contributed by atoms with E-state index in [1.54, 1.807) is 32.1 Å². The molecule has 3 aromatic heterocycles. The van der Waals surface area contributed by atoms with Crippen molar-refractivity contribution in [1.82, 2.24) is 20.0 Å². The fourth-order valence-electron chi connectivity index (χ4n) is 3.83. The summed E-state index contributed by atoms with van der Waals surface area (Å²) in [5.74, 6) is 1.65. The number of likely N-dealkylation sites (tertiary alicyclic amines) is 1. The number of rotatable bonds is 6. The van der Waals surface area contributed by atoms with Crippen molar-refractivity contribution in [1.29, 1.82) is 0 Å². The van der Waals surface area contributed by atoms with E-state index in [1.807, 2.05) is 6.92 Å². The van der Waals surface area contributed by atoms with Gasteiger partial charge in [-0.05, 0) is 32.3 Å². The molecule has 4 rings (SSSR count). The minimum absolute atomic E-state index is 0.0631. The van der Waals surface area contributed by atoms with Gasteiger partial charge in [0.15, 0.2) is 11.6 Å². The Bertz CT molecular complexity index is 1150. The first-order valence-electron chi connectivity index (χ1n) is 10.3. The van der Waals surface area contributed by atoms with Gasteiger partial charge >= 0.3 is 0 Å². The Labute approximate surface area is 188 Å². The number of hydrogen-bond acceptors (Lipinski definition) is 9. The maximum atomic E-state index is 13.3. The molecule has 10 nitrogen and oxygen atoms in total. The van der Waals surface area contributed by atoms with Gasteiger partial charge in [-0.25, -0.2) is 4.98 Å². The molecular weight excluding hydrogens is 434 g/mol. The normalized spacial score (nSPS) is 14.7. The summed E-state index contributed by atoms with van der Waals surface area (Å²) < 4.78 is 15.6. The van der Waals surface area contributed by atoms with Gasteiger partial charge in [0.2, 0.25) is 11.8 Å². The second-order valence-corrected chi connectivity index (χ2v) is 8.70. The van der Waals surface area contributed by atoms with Crippen LogP contribution in [0.2, 0.25) is 0 Å². The predicted octanol–water partition coefficient (Wildman–Crippen LogP) is 2.94. The van der Waals surface area contributed by atoms with Gasteiger partial charge in [0.25, 0.3) is 5.91 Å². The van der Waals surface area contributed by atoms with Gasteiger partial charge in [-0.3, -0.25) is 9.59 Å². The summed E-state index contributed by atoms with van der Waals surface area (Å²) >= 11 is 1.33. The molecule has 1 aliphatic rings. The summed E-state index contributed by atoms with van der Waals surface area (Å²) in [6, 6.07) is 1.68. The standard InChI is InChI=1S/C21H25N5O5S/c1-11-9-14(25-31-11)22-18(27)13-5-7-26(8-6-13)21(28)17-12(2)16-19(30-4)23-15(10-29-3)24-20(16)32-17/h9,13H,5-8,10H2,1-4H3,(H,22,25,27). The van der Waals surface area contributed by atoms with E-state index >= 15 is 0 Å². The highest BCUT2D eigenvalue weighted by atomic mass is 32.1. The van der Waals surface area contributed by atoms with Crippen molar-refractivity contribution < 1.29 is 23.6 Å². The zero-order valence-electron chi connectivity index (χ0n) is 18.4. The monoisotopic (exact) mass is 459 g/mol. The van der Waals surface area contributed by atoms with E-state index in [4.69, 9.17) is 14.0 Å². The van der Waals surface area contributed by atoms with Crippen LogP contribution < -0.4 is 10.1 Å². The van der Waals surface area contributed by atoms with E-state index in [2.05, 4.69) is 20.4 Å². The van der Waals surface area contributed by atoms with E-state index in [0.717, 1.165) is 10.9 Å². The molecule has 1 fully saturated rings. The number of piperidine rings is 1. The predicted molar refractivity (Wildman–Crippen MR) is 118 cm³/mol. The summed E-state index contributed by atoms with van der Waals surface area (Å²) in [4.78, 5) is 37.8. The van der Waals surface area contributed by atoms with E-state index < -0.39 is 0 Å². The quantitative estimate of drug-likeness (QED) is 0.597. The van der Waals surface area contributed by atoms with Gasteiger partial charge in [-0.2, -0.15) is 4.98 Å². The van der Waals surface area contributed by atoms with Gasteiger partial charge < -0.3 is 24.2 Å². The average molecular weight is 460 g/mol. The molecule has 3 aromatic rings. The maximum absolute atomic E-state index is 13.3. The first kappa shape index (κ1) is 22.2. The van der Waals surface area contributed by atoms with Crippen LogP contribution in [0, 0.1) is 19.8 Å². The number of aromatic nitrogens is 3. The van der Waals surface area contributed by atoms with Crippen LogP contribution in [0.4, 0.5) is 5.82 Å². The third-order valence-electron chi connectivity index (χ3n) is 5.50. The zero-order valence-corrected chi connectivity index (χ0v) is 19.2. The third-order valence-corrected chi connectivity index (χ3v) is 6.67. The number of methoxy groups -OCH3 is 2. The second kappa shape index (κ2) is 9.21. The largest absolute Gasteiger partial charge is 0.480 e. The number of ether oxygens (including phenoxy) is 2. The van der Waals surface area contributed by atoms with Crippen LogP contribution in [0.25, 0.3) is 10.2 Å². The Morgan fingerprint density at radius 2 is 2.00 bits per heavy atom. The van der Waals surface area contributed by atoms with Crippen molar-refractivity contribution in [3.05, 3.63) is 28.1 Å². The lowest BCUT2D eigenvalue weighted by Gasteiger charge is -2.31. The maximum Gasteiger partial charge on any atom is 0.264 e. The van der Waals surface area contributed by atoms with Crippen molar-refractivity contribution in [2.24, 2.45) is 5.92 Å². The number of carbonyl (C=O) groups is 2. The minimum Gasteiger partial charge on any atom is -0.480 e. The topological polar surface area (TPSA) is 120 Å². The van der Waals surface area contributed by atoms with Crippen molar-refractivity contribution >= 4 is 39.2 Å². The van der Waals surface area contributed by atoms with Crippen LogP contribution >= 0.6 is 11.3 Å². The number of anilines is 1. The molecule has 0 bridgehead atoms. The van der Waals surface area contributed by atoms with Gasteiger partial charge in [0.05, 0.1) is 17.4 Å². The molecule has 0 unspecified atom stereocenters. The van der Waals surface area contributed by atoms with E-state index in [0.29, 0.717) is 58.9 Å². The molecule has 0 aromatic carbocycles. The number of nitrogens with zero attached hydrogens (tertiary/aromatic N) is 4. The molecule has 32 heavy (non-hydrogen) atoms. The summed E-state index contributed by atoms with van der Waals surface area (Å²) in [5, 5.41) is 7.32. The lowest BCUT2D eigenvalue weighted by molar-refractivity contribution is -0.121. The SMILES string of the molecule is COCc1nc(OC)c2c(C)c(C(=O)N3CCC(C(=O)Nc4cc(C)on4)CC3)sc2n1. The molecule has 2 amide bonds. The number of carbonyl (C=O) groups excluding carboxylic acids is 2. The highest BCUT2D eigenvalue weighted by Crippen LogP contribution is 2.36. The van der Waals surface area contributed by atoms with Gasteiger partial charge in [-0.1, -0.05) is 5.16 Å². The van der Waals surface area contributed by atoms with E-state index in [-0.39, 0.29) is 24.3 Å². The van der Waals surface area contributed by atoms with Crippen LogP contribution in [-0.2, 0) is 16.1 Å². The Hall–Kier alpha value is -3.05. The number of amides is 2. The van der Waals surface area contributed by atoms with Crippen LogP contribution in [0.15, 0.2) is 10.6 Å². The van der Waals surface area contributed by atoms with Crippen LogP contribution in [0.3, 0.4) is 0 Å². The van der Waals surface area contributed by atoms with Gasteiger partial charge in [0, 0.05) is 32.2 Å². The molecule has 0 atom stereocenters. The van der Waals surface area contributed by atoms with E-state index in [1.165, 1.54) is 11.3 Å². The Morgan fingerprint density at radius 1 is 1.25 bits per heavy atom. The zero-order chi connectivity index (χ0) is 22.8. The summed E-state index contributed by atoms with van der Waals surface area (Å²) in [7, 11) is 3.12. The van der Waals surface area contributed by atoms with Crippen molar-refractivity contribution in [3.8, 4) is 5.88 Å². The molecule has 0 radical (unpaired) electrons. The second-order valence-electron chi connectivity index (χ2n) is 7.70. The molecule has 0 aliphatic carbocycles.